The average Bonchev–Trinajstić information content (AvgIpc) is 3.36. The van der Waals surface area contributed by atoms with Crippen LogP contribution in [0, 0.1) is 11.2 Å². The Labute approximate surface area is 207 Å². The smallest absolute Gasteiger partial charge is 0.270 e. The summed E-state index contributed by atoms with van der Waals surface area (Å²) in [5.41, 5.74) is 0.500. The second-order valence-electron chi connectivity index (χ2n) is 9.11. The number of rotatable bonds is 10. The number of aromatic nitrogens is 1. The highest BCUT2D eigenvalue weighted by molar-refractivity contribution is 5.98. The van der Waals surface area contributed by atoms with Gasteiger partial charge in [0.2, 0.25) is 5.91 Å². The van der Waals surface area contributed by atoms with Gasteiger partial charge in [0.1, 0.15) is 30.1 Å². The van der Waals surface area contributed by atoms with Gasteiger partial charge < -0.3 is 25.5 Å². The van der Waals surface area contributed by atoms with Gasteiger partial charge in [0.05, 0.1) is 11.6 Å². The molecule has 3 aromatic rings. The number of carbonyl (C=O) groups excluding carboxylic acids is 4. The van der Waals surface area contributed by atoms with Crippen LogP contribution in [-0.4, -0.2) is 54.5 Å². The molecule has 9 heteroatoms. The Hall–Kier alpha value is -3.98. The molecule has 1 aliphatic rings. The molecule has 2 amide bonds. The quantitative estimate of drug-likeness (QED) is 0.374. The summed E-state index contributed by atoms with van der Waals surface area (Å²) >= 11 is 0. The summed E-state index contributed by atoms with van der Waals surface area (Å²) in [5.74, 6) is -1.66. The van der Waals surface area contributed by atoms with Crippen LogP contribution in [0.4, 0.5) is 4.39 Å². The Bertz CT molecular complexity index is 1280. The lowest BCUT2D eigenvalue weighted by atomic mass is 9.82. The Morgan fingerprint density at radius 1 is 1.08 bits per heavy atom. The van der Waals surface area contributed by atoms with Gasteiger partial charge in [-0.3, -0.25) is 9.59 Å². The van der Waals surface area contributed by atoms with Gasteiger partial charge in [-0.15, -0.1) is 0 Å². The number of nitrogens with zero attached hydrogens (tertiary/aromatic N) is 1. The maximum absolute atomic E-state index is 13.8. The Balaban J connectivity index is 1.53. The fourth-order valence-electron chi connectivity index (χ4n) is 4.47. The van der Waals surface area contributed by atoms with Crippen LogP contribution in [0.15, 0.2) is 60.7 Å². The summed E-state index contributed by atoms with van der Waals surface area (Å²) in [7, 11) is 0. The van der Waals surface area contributed by atoms with Gasteiger partial charge in [0.25, 0.3) is 5.91 Å². The molecule has 0 unspecified atom stereocenters. The maximum atomic E-state index is 13.8. The predicted molar refractivity (Wildman–Crippen MR) is 132 cm³/mol. The summed E-state index contributed by atoms with van der Waals surface area (Å²) in [6.45, 7) is 1.07. The molecule has 0 spiro atoms. The molecule has 36 heavy (non-hydrogen) atoms. The van der Waals surface area contributed by atoms with Crippen molar-refractivity contribution in [2.24, 2.45) is 5.41 Å². The molecule has 0 saturated carbocycles. The van der Waals surface area contributed by atoms with E-state index in [1.807, 2.05) is 18.2 Å². The first-order chi connectivity index (χ1) is 17.4. The van der Waals surface area contributed by atoms with Gasteiger partial charge in [-0.05, 0) is 49.2 Å². The standard InChI is InChI=1S/C27H27FN4O4/c28-20-6-3-4-18(12-20)13-24(26(36)30-21(15-33)14-27(17-34)10-11-29-16-27)32-25(35)23-9-8-19-5-1-2-7-22(19)31-23/h1-9,12,15,17,21,24,29H,10-11,13-14,16H2,(H,30,36)(H,32,35)/t21-,24-,27-/m0/s1. The summed E-state index contributed by atoms with van der Waals surface area (Å²) in [4.78, 5) is 54.1. The van der Waals surface area contributed by atoms with Crippen LogP contribution in [-0.2, 0) is 20.8 Å². The molecule has 4 rings (SSSR count). The van der Waals surface area contributed by atoms with Crippen molar-refractivity contribution in [2.45, 2.75) is 31.3 Å². The molecule has 3 atom stereocenters. The van der Waals surface area contributed by atoms with E-state index in [-0.39, 0.29) is 18.5 Å². The van der Waals surface area contributed by atoms with Crippen molar-refractivity contribution >= 4 is 35.3 Å². The van der Waals surface area contributed by atoms with Crippen LogP contribution in [0.5, 0.6) is 0 Å². The lowest BCUT2D eigenvalue weighted by molar-refractivity contribution is -0.127. The first-order valence-electron chi connectivity index (χ1n) is 11.8. The number of amides is 2. The highest BCUT2D eigenvalue weighted by Gasteiger charge is 2.37. The van der Waals surface area contributed by atoms with E-state index in [0.29, 0.717) is 36.9 Å². The highest BCUT2D eigenvalue weighted by atomic mass is 19.1. The minimum absolute atomic E-state index is 0.00509. The van der Waals surface area contributed by atoms with E-state index in [2.05, 4.69) is 20.9 Å². The van der Waals surface area contributed by atoms with Crippen LogP contribution >= 0.6 is 0 Å². The molecule has 1 fully saturated rings. The third kappa shape index (κ3) is 5.98. The fraction of sp³-hybridized carbons (Fsp3) is 0.296. The van der Waals surface area contributed by atoms with Crippen molar-refractivity contribution in [2.75, 3.05) is 13.1 Å². The lowest BCUT2D eigenvalue weighted by Crippen LogP contribution is -2.52. The SMILES string of the molecule is O=C[C@H](C[C@@]1(C=O)CCNC1)NC(=O)[C@H](Cc1cccc(F)c1)NC(=O)c1ccc2ccccc2n1. The first kappa shape index (κ1) is 25.1. The monoisotopic (exact) mass is 490 g/mol. The van der Waals surface area contributed by atoms with E-state index in [1.165, 1.54) is 18.2 Å². The Morgan fingerprint density at radius 2 is 1.92 bits per heavy atom. The lowest BCUT2D eigenvalue weighted by Gasteiger charge is -2.26. The molecule has 1 aromatic heterocycles. The van der Waals surface area contributed by atoms with Crippen LogP contribution in [0.3, 0.4) is 0 Å². The van der Waals surface area contributed by atoms with Crippen LogP contribution in [0.2, 0.25) is 0 Å². The molecule has 1 aliphatic heterocycles. The Kier molecular flexibility index (Phi) is 7.80. The van der Waals surface area contributed by atoms with Gasteiger partial charge in [-0.25, -0.2) is 9.37 Å². The summed E-state index contributed by atoms with van der Waals surface area (Å²) in [6, 6.07) is 14.3. The number of carbonyl (C=O) groups is 4. The van der Waals surface area contributed by atoms with Gasteiger partial charge >= 0.3 is 0 Å². The normalized spacial score (nSPS) is 18.8. The number of pyridine rings is 1. The molecular formula is C27H27FN4O4. The topological polar surface area (TPSA) is 117 Å². The number of hydrogen-bond acceptors (Lipinski definition) is 6. The zero-order chi connectivity index (χ0) is 25.5. The van der Waals surface area contributed by atoms with Crippen molar-refractivity contribution in [3.8, 4) is 0 Å². The van der Waals surface area contributed by atoms with Gasteiger partial charge in [0, 0.05) is 23.8 Å². The van der Waals surface area contributed by atoms with Gasteiger partial charge in [-0.2, -0.15) is 0 Å². The van der Waals surface area contributed by atoms with Gasteiger partial charge in [-0.1, -0.05) is 36.4 Å². The molecule has 0 bridgehead atoms. The number of para-hydroxylation sites is 1. The van der Waals surface area contributed by atoms with E-state index in [4.69, 9.17) is 0 Å². The van der Waals surface area contributed by atoms with Crippen LogP contribution in [0.1, 0.15) is 28.9 Å². The van der Waals surface area contributed by atoms with Crippen LogP contribution < -0.4 is 16.0 Å². The zero-order valence-electron chi connectivity index (χ0n) is 19.6. The van der Waals surface area contributed by atoms with Crippen LogP contribution in [0.25, 0.3) is 10.9 Å². The third-order valence-electron chi connectivity index (χ3n) is 6.43. The molecule has 0 radical (unpaired) electrons. The van der Waals surface area contributed by atoms with E-state index < -0.39 is 35.1 Å². The molecule has 2 heterocycles. The minimum atomic E-state index is -1.11. The number of nitrogens with one attached hydrogen (secondary N) is 3. The maximum Gasteiger partial charge on any atom is 0.270 e. The molecular weight excluding hydrogens is 463 g/mol. The summed E-state index contributed by atoms with van der Waals surface area (Å²) < 4.78 is 13.8. The number of aldehydes is 2. The molecule has 186 valence electrons. The minimum Gasteiger partial charge on any atom is -0.345 e. The van der Waals surface area contributed by atoms with E-state index in [1.54, 1.807) is 24.3 Å². The second-order valence-corrected chi connectivity index (χ2v) is 9.11. The number of halogens is 1. The summed E-state index contributed by atoms with van der Waals surface area (Å²) in [5, 5.41) is 9.30. The van der Waals surface area contributed by atoms with Crippen molar-refractivity contribution in [1.29, 1.82) is 0 Å². The van der Waals surface area contributed by atoms with E-state index >= 15 is 0 Å². The fourth-order valence-corrected chi connectivity index (χ4v) is 4.47. The largest absolute Gasteiger partial charge is 0.345 e. The first-order valence-corrected chi connectivity index (χ1v) is 11.8. The van der Waals surface area contributed by atoms with E-state index in [9.17, 15) is 23.6 Å². The van der Waals surface area contributed by atoms with Crippen molar-refractivity contribution in [1.82, 2.24) is 20.9 Å². The van der Waals surface area contributed by atoms with Crippen molar-refractivity contribution < 1.29 is 23.6 Å². The van der Waals surface area contributed by atoms with Gasteiger partial charge in [0.15, 0.2) is 0 Å². The predicted octanol–water partition coefficient (Wildman–Crippen LogP) is 1.97. The molecule has 1 saturated heterocycles. The molecule has 0 aliphatic carbocycles. The number of benzene rings is 2. The van der Waals surface area contributed by atoms with Crippen molar-refractivity contribution in [3.63, 3.8) is 0 Å². The third-order valence-corrected chi connectivity index (χ3v) is 6.43. The molecule has 3 N–H and O–H groups in total. The zero-order valence-corrected chi connectivity index (χ0v) is 19.6. The second kappa shape index (κ2) is 11.2. The number of fused-ring (bicyclic) bond motifs is 1. The molecule has 8 nitrogen and oxygen atoms in total. The molecule has 2 aromatic carbocycles. The summed E-state index contributed by atoms with van der Waals surface area (Å²) in [6.07, 6.45) is 2.12. The van der Waals surface area contributed by atoms with Crippen molar-refractivity contribution in [3.05, 3.63) is 77.7 Å². The highest BCUT2D eigenvalue weighted by Crippen LogP contribution is 2.28. The number of hydrogen-bond donors (Lipinski definition) is 3. The average molecular weight is 491 g/mol. The Morgan fingerprint density at radius 3 is 2.64 bits per heavy atom. The van der Waals surface area contributed by atoms with E-state index in [0.717, 1.165) is 11.7 Å².